The van der Waals surface area contributed by atoms with Crippen LogP contribution in [0.5, 0.6) is 0 Å². The van der Waals surface area contributed by atoms with E-state index in [2.05, 4.69) is 43.7 Å². The van der Waals surface area contributed by atoms with Gasteiger partial charge in [-0.3, -0.25) is 0 Å². The Morgan fingerprint density at radius 1 is 1.35 bits per heavy atom. The number of benzene rings is 1. The summed E-state index contributed by atoms with van der Waals surface area (Å²) in [5.41, 5.74) is 2.07. The molecule has 0 radical (unpaired) electrons. The van der Waals surface area contributed by atoms with Gasteiger partial charge in [-0.2, -0.15) is 0 Å². The molecule has 1 atom stereocenters. The van der Waals surface area contributed by atoms with Crippen LogP contribution in [0.1, 0.15) is 37.8 Å². The highest BCUT2D eigenvalue weighted by molar-refractivity contribution is 9.10. The molecule has 0 bridgehead atoms. The zero-order chi connectivity index (χ0) is 14.5. The van der Waals surface area contributed by atoms with E-state index in [0.29, 0.717) is 11.9 Å². The normalized spacial score (nSPS) is 12.4. The van der Waals surface area contributed by atoms with E-state index in [1.807, 2.05) is 32.0 Å². The van der Waals surface area contributed by atoms with Crippen LogP contribution >= 0.6 is 15.9 Å². The van der Waals surface area contributed by atoms with Gasteiger partial charge in [0.2, 0.25) is 5.89 Å². The Balaban J connectivity index is 2.03. The number of anilines is 2. The van der Waals surface area contributed by atoms with Crippen molar-refractivity contribution in [2.75, 3.05) is 11.9 Å². The summed E-state index contributed by atoms with van der Waals surface area (Å²) in [6.07, 6.45) is 1.07. The number of aromatic nitrogens is 2. The van der Waals surface area contributed by atoms with Gasteiger partial charge in [0.25, 0.3) is 0 Å². The first-order valence-corrected chi connectivity index (χ1v) is 7.49. The van der Waals surface area contributed by atoms with Gasteiger partial charge in [-0.1, -0.05) is 28.0 Å². The van der Waals surface area contributed by atoms with Gasteiger partial charge < -0.3 is 15.1 Å². The van der Waals surface area contributed by atoms with Crippen molar-refractivity contribution in [3.8, 4) is 0 Å². The van der Waals surface area contributed by atoms with E-state index in [1.165, 1.54) is 0 Å². The molecule has 6 heteroatoms. The molecule has 108 valence electrons. The van der Waals surface area contributed by atoms with Crippen LogP contribution in [0.3, 0.4) is 0 Å². The predicted octanol–water partition coefficient (Wildman–Crippen LogP) is 3.94. The first kappa shape index (κ1) is 15.0. The summed E-state index contributed by atoms with van der Waals surface area (Å²) in [6, 6.07) is 6.43. The zero-order valence-electron chi connectivity index (χ0n) is 11.9. The van der Waals surface area contributed by atoms with Crippen molar-refractivity contribution in [2.45, 2.75) is 33.2 Å². The Morgan fingerprint density at radius 3 is 2.85 bits per heavy atom. The Kier molecular flexibility index (Phi) is 5.14. The van der Waals surface area contributed by atoms with Crippen LogP contribution in [0.15, 0.2) is 27.1 Å². The largest absolute Gasteiger partial charge is 0.406 e. The van der Waals surface area contributed by atoms with Crippen LogP contribution in [0, 0.1) is 6.92 Å². The van der Waals surface area contributed by atoms with Crippen molar-refractivity contribution >= 4 is 27.6 Å². The number of nitrogens with one attached hydrogen (secondary N) is 2. The second-order valence-electron chi connectivity index (χ2n) is 4.71. The molecule has 0 amide bonds. The van der Waals surface area contributed by atoms with Gasteiger partial charge in [0.15, 0.2) is 0 Å². The predicted molar refractivity (Wildman–Crippen MR) is 83.2 cm³/mol. The molecule has 2 aromatic rings. The SMILES string of the molecule is CCCNC(C)c1nnc(Nc2ccc(Br)c(C)c2)o1. The topological polar surface area (TPSA) is 63.0 Å². The van der Waals surface area contributed by atoms with Gasteiger partial charge in [-0.25, -0.2) is 0 Å². The van der Waals surface area contributed by atoms with Crippen molar-refractivity contribution in [2.24, 2.45) is 0 Å². The number of halogens is 1. The summed E-state index contributed by atoms with van der Waals surface area (Å²) in [5, 5.41) is 14.5. The molecule has 2 rings (SSSR count). The second kappa shape index (κ2) is 6.85. The summed E-state index contributed by atoms with van der Waals surface area (Å²) in [7, 11) is 0. The average molecular weight is 339 g/mol. The van der Waals surface area contributed by atoms with Gasteiger partial charge in [0.1, 0.15) is 0 Å². The Morgan fingerprint density at radius 2 is 2.15 bits per heavy atom. The van der Waals surface area contributed by atoms with Crippen LogP contribution in [-0.4, -0.2) is 16.7 Å². The number of aryl methyl sites for hydroxylation is 1. The molecule has 1 heterocycles. The van der Waals surface area contributed by atoms with E-state index in [4.69, 9.17) is 4.42 Å². The Hall–Kier alpha value is -1.40. The van der Waals surface area contributed by atoms with Crippen LogP contribution in [0.2, 0.25) is 0 Å². The summed E-state index contributed by atoms with van der Waals surface area (Å²) in [5.74, 6) is 0.592. The van der Waals surface area contributed by atoms with Crippen molar-refractivity contribution in [3.05, 3.63) is 34.1 Å². The van der Waals surface area contributed by atoms with Crippen LogP contribution in [0.4, 0.5) is 11.7 Å². The fourth-order valence-corrected chi connectivity index (χ4v) is 2.00. The van der Waals surface area contributed by atoms with E-state index in [1.54, 1.807) is 0 Å². The van der Waals surface area contributed by atoms with Gasteiger partial charge in [0, 0.05) is 10.2 Å². The number of rotatable bonds is 6. The third kappa shape index (κ3) is 3.80. The van der Waals surface area contributed by atoms with Crippen molar-refractivity contribution in [1.82, 2.24) is 15.5 Å². The van der Waals surface area contributed by atoms with Crippen LogP contribution < -0.4 is 10.6 Å². The minimum Gasteiger partial charge on any atom is -0.406 e. The standard InChI is InChI=1S/C14H19BrN4O/c1-4-7-16-10(3)13-18-19-14(20-13)17-11-5-6-12(15)9(2)8-11/h5-6,8,10,16H,4,7H2,1-3H3,(H,17,19). The quantitative estimate of drug-likeness (QED) is 0.834. The van der Waals surface area contributed by atoms with Crippen molar-refractivity contribution < 1.29 is 4.42 Å². The highest BCUT2D eigenvalue weighted by Gasteiger charge is 2.13. The maximum Gasteiger partial charge on any atom is 0.320 e. The first-order chi connectivity index (χ1) is 9.60. The minimum absolute atomic E-state index is 0.0599. The summed E-state index contributed by atoms with van der Waals surface area (Å²) >= 11 is 3.47. The summed E-state index contributed by atoms with van der Waals surface area (Å²) < 4.78 is 6.68. The molecule has 0 aliphatic carbocycles. The Labute approximate surface area is 127 Å². The molecule has 1 aromatic carbocycles. The van der Waals surface area contributed by atoms with E-state index >= 15 is 0 Å². The molecule has 5 nitrogen and oxygen atoms in total. The van der Waals surface area contributed by atoms with E-state index < -0.39 is 0 Å². The lowest BCUT2D eigenvalue weighted by molar-refractivity contribution is 0.424. The van der Waals surface area contributed by atoms with E-state index in [0.717, 1.165) is 28.7 Å². The maximum atomic E-state index is 5.61. The highest BCUT2D eigenvalue weighted by atomic mass is 79.9. The molecule has 2 N–H and O–H groups in total. The first-order valence-electron chi connectivity index (χ1n) is 6.70. The lowest BCUT2D eigenvalue weighted by Gasteiger charge is -2.07. The molecule has 0 aliphatic heterocycles. The van der Waals surface area contributed by atoms with Gasteiger partial charge in [-0.15, -0.1) is 5.10 Å². The van der Waals surface area contributed by atoms with E-state index in [-0.39, 0.29) is 6.04 Å². The van der Waals surface area contributed by atoms with Gasteiger partial charge in [0.05, 0.1) is 6.04 Å². The third-order valence-electron chi connectivity index (χ3n) is 2.92. The van der Waals surface area contributed by atoms with Gasteiger partial charge >= 0.3 is 6.01 Å². The molecule has 20 heavy (non-hydrogen) atoms. The second-order valence-corrected chi connectivity index (χ2v) is 5.56. The molecule has 0 spiro atoms. The monoisotopic (exact) mass is 338 g/mol. The molecule has 0 aliphatic rings. The number of hydrogen-bond donors (Lipinski definition) is 2. The molecule has 1 aromatic heterocycles. The maximum absolute atomic E-state index is 5.61. The molecule has 0 saturated heterocycles. The third-order valence-corrected chi connectivity index (χ3v) is 3.81. The van der Waals surface area contributed by atoms with Gasteiger partial charge in [-0.05, 0) is 50.6 Å². The molecule has 0 saturated carbocycles. The molecular weight excluding hydrogens is 320 g/mol. The Bertz CT molecular complexity index is 570. The smallest absolute Gasteiger partial charge is 0.320 e. The zero-order valence-corrected chi connectivity index (χ0v) is 13.5. The number of nitrogens with zero attached hydrogens (tertiary/aromatic N) is 2. The van der Waals surface area contributed by atoms with Crippen LogP contribution in [0.25, 0.3) is 0 Å². The highest BCUT2D eigenvalue weighted by Crippen LogP contribution is 2.23. The lowest BCUT2D eigenvalue weighted by Crippen LogP contribution is -2.19. The molecule has 0 fully saturated rings. The van der Waals surface area contributed by atoms with E-state index in [9.17, 15) is 0 Å². The number of hydrogen-bond acceptors (Lipinski definition) is 5. The summed E-state index contributed by atoms with van der Waals surface area (Å²) in [6.45, 7) is 7.09. The van der Waals surface area contributed by atoms with Crippen LogP contribution in [-0.2, 0) is 0 Å². The average Bonchev–Trinajstić information content (AvgIpc) is 2.89. The fraction of sp³-hybridized carbons (Fsp3) is 0.429. The fourth-order valence-electron chi connectivity index (χ4n) is 1.75. The summed E-state index contributed by atoms with van der Waals surface area (Å²) in [4.78, 5) is 0. The molecular formula is C14H19BrN4O. The lowest BCUT2D eigenvalue weighted by atomic mass is 10.2. The van der Waals surface area contributed by atoms with Crippen molar-refractivity contribution in [3.63, 3.8) is 0 Å². The minimum atomic E-state index is 0.0599. The molecule has 1 unspecified atom stereocenters. The van der Waals surface area contributed by atoms with Crippen molar-refractivity contribution in [1.29, 1.82) is 0 Å².